The Morgan fingerprint density at radius 3 is 2.48 bits per heavy atom. The number of carbonyl (C=O) groups is 1. The molecule has 1 heterocycles. The summed E-state index contributed by atoms with van der Waals surface area (Å²) in [4.78, 5) is 26.9. The maximum Gasteiger partial charge on any atom is 0.310 e. The monoisotopic (exact) mass is 363 g/mol. The number of nitrogens with one attached hydrogen (secondary N) is 1. The van der Waals surface area contributed by atoms with Gasteiger partial charge in [-0.25, -0.2) is 0 Å². The van der Waals surface area contributed by atoms with Crippen LogP contribution in [0.4, 0.5) is 5.69 Å². The van der Waals surface area contributed by atoms with E-state index in [0.29, 0.717) is 5.56 Å². The van der Waals surface area contributed by atoms with Crippen molar-refractivity contribution in [3.63, 3.8) is 0 Å². The molecule has 0 radical (unpaired) electrons. The van der Waals surface area contributed by atoms with Gasteiger partial charge in [0.15, 0.2) is 5.75 Å². The second-order valence-corrected chi connectivity index (χ2v) is 5.62. The Labute approximate surface area is 155 Å². The number of ether oxygens (including phenoxy) is 1. The quantitative estimate of drug-likeness (QED) is 0.394. The van der Waals surface area contributed by atoms with Crippen LogP contribution >= 0.6 is 0 Å². The van der Waals surface area contributed by atoms with Crippen LogP contribution in [0.15, 0.2) is 72.9 Å². The van der Waals surface area contributed by atoms with Gasteiger partial charge in [-0.1, -0.05) is 30.3 Å². The van der Waals surface area contributed by atoms with E-state index in [1.54, 1.807) is 30.5 Å². The first-order valence-electron chi connectivity index (χ1n) is 8.31. The third-order valence-electron chi connectivity index (χ3n) is 3.81. The van der Waals surface area contributed by atoms with Gasteiger partial charge in [0, 0.05) is 23.4 Å². The number of amides is 1. The fraction of sp³-hybridized carbons (Fsp3) is 0.100. The van der Waals surface area contributed by atoms with Gasteiger partial charge in [0.2, 0.25) is 0 Å². The molecule has 1 aromatic heterocycles. The van der Waals surface area contributed by atoms with Crippen molar-refractivity contribution in [1.82, 2.24) is 10.3 Å². The summed E-state index contributed by atoms with van der Waals surface area (Å²) in [6, 6.07) is 18.9. The fourth-order valence-corrected chi connectivity index (χ4v) is 2.48. The van der Waals surface area contributed by atoms with Gasteiger partial charge in [0.25, 0.3) is 5.91 Å². The van der Waals surface area contributed by atoms with Crippen LogP contribution in [-0.2, 0) is 0 Å². The topological polar surface area (TPSA) is 94.4 Å². The maximum absolute atomic E-state index is 12.2. The van der Waals surface area contributed by atoms with Crippen LogP contribution < -0.4 is 10.1 Å². The van der Waals surface area contributed by atoms with Crippen LogP contribution in [0.1, 0.15) is 10.4 Å². The number of nitrogens with zero attached hydrogens (tertiary/aromatic N) is 2. The molecule has 2 aromatic carbocycles. The lowest BCUT2D eigenvalue weighted by Gasteiger charge is -2.08. The van der Waals surface area contributed by atoms with Crippen LogP contribution in [0, 0.1) is 10.1 Å². The van der Waals surface area contributed by atoms with Crippen molar-refractivity contribution in [2.45, 2.75) is 0 Å². The average molecular weight is 363 g/mol. The van der Waals surface area contributed by atoms with Gasteiger partial charge in [-0.15, -0.1) is 0 Å². The summed E-state index contributed by atoms with van der Waals surface area (Å²) >= 11 is 0. The number of carbonyl (C=O) groups excluding carboxylic acids is 1. The molecule has 0 fully saturated rings. The third-order valence-corrected chi connectivity index (χ3v) is 3.81. The number of para-hydroxylation sites is 2. The molecular weight excluding hydrogens is 346 g/mol. The Morgan fingerprint density at radius 2 is 1.78 bits per heavy atom. The van der Waals surface area contributed by atoms with Crippen molar-refractivity contribution in [3.8, 4) is 17.0 Å². The molecule has 136 valence electrons. The Hall–Kier alpha value is -3.74. The molecule has 0 unspecified atom stereocenters. The number of hydrogen-bond donors (Lipinski definition) is 1. The van der Waals surface area contributed by atoms with Gasteiger partial charge in [-0.05, 0) is 30.3 Å². The predicted octanol–water partition coefficient (Wildman–Crippen LogP) is 3.47. The van der Waals surface area contributed by atoms with Crippen LogP contribution in [0.25, 0.3) is 11.3 Å². The lowest BCUT2D eigenvalue weighted by atomic mass is 10.1. The first-order chi connectivity index (χ1) is 13.1. The van der Waals surface area contributed by atoms with Crippen molar-refractivity contribution in [2.24, 2.45) is 0 Å². The van der Waals surface area contributed by atoms with E-state index in [2.05, 4.69) is 10.3 Å². The number of benzene rings is 2. The normalized spacial score (nSPS) is 10.2. The molecule has 0 bridgehead atoms. The van der Waals surface area contributed by atoms with E-state index in [0.717, 1.165) is 11.3 Å². The standard InChI is InChI=1S/C20H17N3O4/c24-20(16-10-8-15(9-11-16)17-5-3-4-12-21-17)22-13-14-27-19-7-2-1-6-18(19)23(25)26/h1-12H,13-14H2,(H,22,24). The largest absolute Gasteiger partial charge is 0.485 e. The molecule has 0 aliphatic rings. The highest BCUT2D eigenvalue weighted by molar-refractivity contribution is 5.94. The van der Waals surface area contributed by atoms with Crippen LogP contribution in [0.2, 0.25) is 0 Å². The SMILES string of the molecule is O=C(NCCOc1ccccc1[N+](=O)[O-])c1ccc(-c2ccccn2)cc1. The summed E-state index contributed by atoms with van der Waals surface area (Å²) in [6.45, 7) is 0.357. The van der Waals surface area contributed by atoms with Gasteiger partial charge in [0.1, 0.15) is 6.61 Å². The van der Waals surface area contributed by atoms with Gasteiger partial charge in [-0.3, -0.25) is 19.9 Å². The molecule has 1 amide bonds. The Balaban J connectivity index is 1.52. The summed E-state index contributed by atoms with van der Waals surface area (Å²) < 4.78 is 5.40. The van der Waals surface area contributed by atoms with E-state index in [-0.39, 0.29) is 30.5 Å². The average Bonchev–Trinajstić information content (AvgIpc) is 2.72. The highest BCUT2D eigenvalue weighted by Gasteiger charge is 2.13. The van der Waals surface area contributed by atoms with E-state index in [1.807, 2.05) is 30.3 Å². The van der Waals surface area contributed by atoms with Crippen molar-refractivity contribution < 1.29 is 14.5 Å². The summed E-state index contributed by atoms with van der Waals surface area (Å²) in [6.07, 6.45) is 1.72. The number of hydrogen-bond acceptors (Lipinski definition) is 5. The van der Waals surface area contributed by atoms with Crippen LogP contribution in [0.3, 0.4) is 0 Å². The molecule has 7 nitrogen and oxygen atoms in total. The Morgan fingerprint density at radius 1 is 1.04 bits per heavy atom. The molecule has 0 aliphatic carbocycles. The molecule has 1 N–H and O–H groups in total. The van der Waals surface area contributed by atoms with Gasteiger partial charge in [-0.2, -0.15) is 0 Å². The van der Waals surface area contributed by atoms with Crippen LogP contribution in [0.5, 0.6) is 5.75 Å². The van der Waals surface area contributed by atoms with E-state index < -0.39 is 4.92 Å². The zero-order chi connectivity index (χ0) is 19.1. The predicted molar refractivity (Wildman–Crippen MR) is 101 cm³/mol. The summed E-state index contributed by atoms with van der Waals surface area (Å²) in [5, 5.41) is 13.7. The van der Waals surface area contributed by atoms with E-state index >= 15 is 0 Å². The highest BCUT2D eigenvalue weighted by atomic mass is 16.6. The lowest BCUT2D eigenvalue weighted by molar-refractivity contribution is -0.385. The molecule has 0 spiro atoms. The zero-order valence-electron chi connectivity index (χ0n) is 14.4. The summed E-state index contributed by atoms with van der Waals surface area (Å²) in [5.74, 6) is -0.0646. The van der Waals surface area contributed by atoms with Gasteiger partial charge >= 0.3 is 5.69 Å². The number of nitro benzene ring substituents is 1. The molecular formula is C20H17N3O4. The Bertz CT molecular complexity index is 927. The minimum atomic E-state index is -0.503. The van der Waals surface area contributed by atoms with Crippen LogP contribution in [-0.4, -0.2) is 29.0 Å². The number of aromatic nitrogens is 1. The second kappa shape index (κ2) is 8.57. The maximum atomic E-state index is 12.2. The fourth-order valence-electron chi connectivity index (χ4n) is 2.48. The van der Waals surface area contributed by atoms with Crippen molar-refractivity contribution >= 4 is 11.6 Å². The lowest BCUT2D eigenvalue weighted by Crippen LogP contribution is -2.28. The summed E-state index contributed by atoms with van der Waals surface area (Å²) in [5.41, 5.74) is 2.17. The second-order valence-electron chi connectivity index (χ2n) is 5.62. The van der Waals surface area contributed by atoms with E-state index in [4.69, 9.17) is 4.74 Å². The molecule has 0 aliphatic heterocycles. The summed E-state index contributed by atoms with van der Waals surface area (Å²) in [7, 11) is 0. The molecule has 0 atom stereocenters. The third kappa shape index (κ3) is 4.66. The number of nitro groups is 1. The first kappa shape index (κ1) is 18.1. The molecule has 0 saturated heterocycles. The van der Waals surface area contributed by atoms with E-state index in [9.17, 15) is 14.9 Å². The van der Waals surface area contributed by atoms with Gasteiger partial charge < -0.3 is 10.1 Å². The molecule has 3 rings (SSSR count). The first-order valence-corrected chi connectivity index (χ1v) is 8.31. The molecule has 7 heteroatoms. The Kier molecular flexibility index (Phi) is 5.73. The molecule has 3 aromatic rings. The van der Waals surface area contributed by atoms with Crippen molar-refractivity contribution in [3.05, 3.63) is 88.6 Å². The van der Waals surface area contributed by atoms with Crippen molar-refractivity contribution in [2.75, 3.05) is 13.2 Å². The minimum absolute atomic E-state index is 0.103. The number of rotatable bonds is 7. The minimum Gasteiger partial charge on any atom is -0.485 e. The van der Waals surface area contributed by atoms with Crippen molar-refractivity contribution in [1.29, 1.82) is 0 Å². The highest BCUT2D eigenvalue weighted by Crippen LogP contribution is 2.25. The zero-order valence-corrected chi connectivity index (χ0v) is 14.4. The molecule has 27 heavy (non-hydrogen) atoms. The number of pyridine rings is 1. The van der Waals surface area contributed by atoms with Gasteiger partial charge in [0.05, 0.1) is 17.2 Å². The molecule has 0 saturated carbocycles. The van der Waals surface area contributed by atoms with E-state index in [1.165, 1.54) is 12.1 Å². The smallest absolute Gasteiger partial charge is 0.310 e.